The van der Waals surface area contributed by atoms with Gasteiger partial charge in [0, 0.05) is 12.4 Å². The van der Waals surface area contributed by atoms with Gasteiger partial charge in [-0.05, 0) is 0 Å². The zero-order valence-corrected chi connectivity index (χ0v) is 7.69. The lowest BCUT2D eigenvalue weighted by molar-refractivity contribution is -0.145. The van der Waals surface area contributed by atoms with Crippen molar-refractivity contribution in [3.63, 3.8) is 0 Å². The van der Waals surface area contributed by atoms with Crippen molar-refractivity contribution < 1.29 is 19.7 Å². The second-order valence-electron chi connectivity index (χ2n) is 2.41. The van der Waals surface area contributed by atoms with Crippen LogP contribution in [0.2, 0.25) is 0 Å². The molecule has 4 nitrogen and oxygen atoms in total. The Morgan fingerprint density at radius 2 is 2.09 bits per heavy atom. The molecule has 66 valence electrons. The Kier molecular flexibility index (Phi) is 3.27. The van der Waals surface area contributed by atoms with E-state index in [0.29, 0.717) is 5.33 Å². The van der Waals surface area contributed by atoms with Crippen molar-refractivity contribution in [3.8, 4) is 0 Å². The van der Waals surface area contributed by atoms with Gasteiger partial charge in [-0.2, -0.15) is 0 Å². The van der Waals surface area contributed by atoms with Crippen molar-refractivity contribution in [1.82, 2.24) is 0 Å². The largest absolute Gasteiger partial charge is 0.387 e. The molecule has 1 fully saturated rings. The van der Waals surface area contributed by atoms with Gasteiger partial charge in [0.15, 0.2) is 6.29 Å². The number of alkyl halides is 1. The molecular weight excluding hydrogens is 216 g/mol. The molecule has 1 rings (SSSR count). The zero-order valence-electron chi connectivity index (χ0n) is 6.11. The Balaban J connectivity index is 2.53. The van der Waals surface area contributed by atoms with Gasteiger partial charge in [0.05, 0.1) is 6.10 Å². The number of ether oxygens (including phenoxy) is 2. The van der Waals surface area contributed by atoms with Crippen LogP contribution in [0.4, 0.5) is 0 Å². The summed E-state index contributed by atoms with van der Waals surface area (Å²) in [5, 5.41) is 19.0. The fourth-order valence-electron chi connectivity index (χ4n) is 1.04. The molecule has 0 amide bonds. The smallest absolute Gasteiger partial charge is 0.186 e. The number of hydrogen-bond acceptors (Lipinski definition) is 4. The maximum Gasteiger partial charge on any atom is 0.186 e. The van der Waals surface area contributed by atoms with Gasteiger partial charge < -0.3 is 19.7 Å². The average molecular weight is 227 g/mol. The number of hydrogen-bond donors (Lipinski definition) is 2. The van der Waals surface area contributed by atoms with Crippen molar-refractivity contribution in [1.29, 1.82) is 0 Å². The summed E-state index contributed by atoms with van der Waals surface area (Å²) in [4.78, 5) is 0. The van der Waals surface area contributed by atoms with E-state index in [1.165, 1.54) is 7.11 Å². The number of aliphatic hydroxyl groups is 2. The molecule has 0 aromatic heterocycles. The minimum Gasteiger partial charge on any atom is -0.387 e. The van der Waals surface area contributed by atoms with Crippen LogP contribution >= 0.6 is 15.9 Å². The van der Waals surface area contributed by atoms with E-state index in [9.17, 15) is 10.2 Å². The minimum absolute atomic E-state index is 0.380. The van der Waals surface area contributed by atoms with E-state index in [4.69, 9.17) is 9.47 Å². The molecule has 0 radical (unpaired) electrons. The molecule has 0 aromatic carbocycles. The topological polar surface area (TPSA) is 58.9 Å². The number of methoxy groups -OCH3 is 1. The van der Waals surface area contributed by atoms with Crippen LogP contribution in [-0.4, -0.2) is 47.3 Å². The first-order valence-corrected chi connectivity index (χ1v) is 4.43. The lowest BCUT2D eigenvalue weighted by Crippen LogP contribution is -2.33. The minimum atomic E-state index is -0.942. The molecule has 0 spiro atoms. The van der Waals surface area contributed by atoms with Gasteiger partial charge in [0.25, 0.3) is 0 Å². The first-order chi connectivity index (χ1) is 5.20. The first-order valence-electron chi connectivity index (χ1n) is 3.31. The second-order valence-corrected chi connectivity index (χ2v) is 3.06. The van der Waals surface area contributed by atoms with Crippen LogP contribution in [0.25, 0.3) is 0 Å². The van der Waals surface area contributed by atoms with Gasteiger partial charge >= 0.3 is 0 Å². The van der Waals surface area contributed by atoms with Gasteiger partial charge in [-0.25, -0.2) is 0 Å². The van der Waals surface area contributed by atoms with Crippen molar-refractivity contribution >= 4 is 15.9 Å². The monoisotopic (exact) mass is 226 g/mol. The molecule has 4 atom stereocenters. The molecule has 1 unspecified atom stereocenters. The zero-order chi connectivity index (χ0) is 8.43. The van der Waals surface area contributed by atoms with Crippen LogP contribution in [0.5, 0.6) is 0 Å². The Bertz CT molecular complexity index is 114. The lowest BCUT2D eigenvalue weighted by Gasteiger charge is -2.11. The molecule has 0 aliphatic carbocycles. The third-order valence-corrected chi connectivity index (χ3v) is 2.34. The molecule has 1 aliphatic rings. The predicted molar refractivity (Wildman–Crippen MR) is 41.5 cm³/mol. The number of halogens is 1. The molecular formula is C6H11BrO4. The summed E-state index contributed by atoms with van der Waals surface area (Å²) in [7, 11) is 1.43. The molecule has 11 heavy (non-hydrogen) atoms. The summed E-state index contributed by atoms with van der Waals surface area (Å²) in [5.41, 5.74) is 0. The summed E-state index contributed by atoms with van der Waals surface area (Å²) < 4.78 is 9.89. The maximum absolute atomic E-state index is 9.27. The Morgan fingerprint density at radius 3 is 2.36 bits per heavy atom. The normalized spacial score (nSPS) is 44.7. The Hall–Kier alpha value is 0.320. The molecule has 1 aliphatic heterocycles. The van der Waals surface area contributed by atoms with Crippen molar-refractivity contribution in [2.24, 2.45) is 0 Å². The third kappa shape index (κ3) is 1.73. The summed E-state index contributed by atoms with van der Waals surface area (Å²) in [6.07, 6.45) is -2.88. The highest BCUT2D eigenvalue weighted by Gasteiger charge is 2.42. The molecule has 0 saturated carbocycles. The van der Waals surface area contributed by atoms with E-state index >= 15 is 0 Å². The van der Waals surface area contributed by atoms with E-state index in [1.54, 1.807) is 0 Å². The van der Waals surface area contributed by atoms with Gasteiger partial charge in [0.2, 0.25) is 0 Å². The van der Waals surface area contributed by atoms with Crippen LogP contribution in [0.15, 0.2) is 0 Å². The molecule has 1 saturated heterocycles. The van der Waals surface area contributed by atoms with Crippen LogP contribution in [0.1, 0.15) is 0 Å². The third-order valence-electron chi connectivity index (χ3n) is 1.70. The fraction of sp³-hybridized carbons (Fsp3) is 1.00. The van der Waals surface area contributed by atoms with Crippen molar-refractivity contribution in [3.05, 3.63) is 0 Å². The van der Waals surface area contributed by atoms with Crippen molar-refractivity contribution in [2.75, 3.05) is 12.4 Å². The average Bonchev–Trinajstić information content (AvgIpc) is 2.30. The van der Waals surface area contributed by atoms with E-state index in [0.717, 1.165) is 0 Å². The molecule has 0 bridgehead atoms. The van der Waals surface area contributed by atoms with E-state index in [-0.39, 0.29) is 6.10 Å². The molecule has 2 N–H and O–H groups in total. The van der Waals surface area contributed by atoms with Crippen LogP contribution in [-0.2, 0) is 9.47 Å². The van der Waals surface area contributed by atoms with Gasteiger partial charge in [0.1, 0.15) is 12.2 Å². The lowest BCUT2D eigenvalue weighted by atomic mass is 10.2. The standard InChI is InChI=1S/C6H11BrO4/c1-10-6-5(9)4(8)3(2-7)11-6/h3-6,8-9H,2H2,1H3/t3-,4-,5-,6?/m1/s1. The Labute approximate surface area is 73.2 Å². The van der Waals surface area contributed by atoms with E-state index < -0.39 is 18.5 Å². The van der Waals surface area contributed by atoms with Gasteiger partial charge in [-0.15, -0.1) is 0 Å². The highest BCUT2D eigenvalue weighted by Crippen LogP contribution is 2.22. The second kappa shape index (κ2) is 3.82. The summed E-state index contributed by atoms with van der Waals surface area (Å²) in [6.45, 7) is 0. The summed E-state index contributed by atoms with van der Waals surface area (Å²) >= 11 is 3.15. The summed E-state index contributed by atoms with van der Waals surface area (Å²) in [5.74, 6) is 0. The van der Waals surface area contributed by atoms with Crippen molar-refractivity contribution in [2.45, 2.75) is 24.6 Å². The van der Waals surface area contributed by atoms with E-state index in [1.807, 2.05) is 0 Å². The van der Waals surface area contributed by atoms with Crippen LogP contribution < -0.4 is 0 Å². The first kappa shape index (κ1) is 9.41. The highest BCUT2D eigenvalue weighted by atomic mass is 79.9. The highest BCUT2D eigenvalue weighted by molar-refractivity contribution is 9.09. The van der Waals surface area contributed by atoms with Gasteiger partial charge in [-0.1, -0.05) is 15.9 Å². The van der Waals surface area contributed by atoms with Gasteiger partial charge in [-0.3, -0.25) is 0 Å². The van der Waals surface area contributed by atoms with Crippen LogP contribution in [0.3, 0.4) is 0 Å². The quantitative estimate of drug-likeness (QED) is 0.623. The molecule has 0 aromatic rings. The molecule has 5 heteroatoms. The summed E-state index contributed by atoms with van der Waals surface area (Å²) in [6, 6.07) is 0. The molecule has 1 heterocycles. The van der Waals surface area contributed by atoms with Crippen LogP contribution in [0, 0.1) is 0 Å². The predicted octanol–water partition coefficient (Wildman–Crippen LogP) is -0.526. The number of aliphatic hydroxyl groups excluding tert-OH is 2. The maximum atomic E-state index is 9.27. The number of rotatable bonds is 2. The Morgan fingerprint density at radius 1 is 1.45 bits per heavy atom. The van der Waals surface area contributed by atoms with E-state index in [2.05, 4.69) is 15.9 Å². The fourth-order valence-corrected chi connectivity index (χ4v) is 1.57. The SMILES string of the molecule is COC1O[C@H](CBr)[C@@H](O)[C@H]1O.